The number of anilines is 1. The molecule has 0 bridgehead atoms. The van der Waals surface area contributed by atoms with E-state index in [9.17, 15) is 9.59 Å². The van der Waals surface area contributed by atoms with E-state index in [-0.39, 0.29) is 17.4 Å². The zero-order valence-corrected chi connectivity index (χ0v) is 21.1. The highest BCUT2D eigenvalue weighted by atomic mass is 32.2. The molecule has 0 aliphatic carbocycles. The van der Waals surface area contributed by atoms with E-state index in [1.165, 1.54) is 11.8 Å². The Labute approximate surface area is 209 Å². The first-order chi connectivity index (χ1) is 16.6. The Morgan fingerprint density at radius 3 is 2.38 bits per heavy atom. The van der Waals surface area contributed by atoms with Crippen molar-refractivity contribution in [3.63, 3.8) is 0 Å². The molecule has 10 heteroatoms. The molecule has 0 saturated carbocycles. The number of ketones is 1. The van der Waals surface area contributed by atoms with E-state index in [1.54, 1.807) is 47.8 Å². The van der Waals surface area contributed by atoms with Gasteiger partial charge in [0.05, 0.1) is 18.0 Å². The third-order valence-electron chi connectivity index (χ3n) is 4.79. The molecule has 0 aliphatic heterocycles. The fraction of sp³-hybridized carbons (Fsp3) is 0.208. The molecule has 0 fully saturated rings. The first kappa shape index (κ1) is 24.1. The van der Waals surface area contributed by atoms with Crippen LogP contribution in [0.1, 0.15) is 30.6 Å². The number of aromatic nitrogens is 3. The normalized spacial score (nSPS) is 10.8. The maximum Gasteiger partial charge on any atom is 0.224 e. The Kier molecular flexibility index (Phi) is 8.04. The molecule has 3 aromatic heterocycles. The first-order valence-electron chi connectivity index (χ1n) is 10.6. The Bertz CT molecular complexity index is 1270. The van der Waals surface area contributed by atoms with Crippen LogP contribution in [0.15, 0.2) is 57.0 Å². The molecule has 1 N–H and O–H groups in total. The van der Waals surface area contributed by atoms with Gasteiger partial charge in [0, 0.05) is 33.9 Å². The van der Waals surface area contributed by atoms with E-state index < -0.39 is 0 Å². The average Bonchev–Trinajstić information content (AvgIpc) is 3.58. The molecule has 0 saturated heterocycles. The van der Waals surface area contributed by atoms with Crippen molar-refractivity contribution in [2.45, 2.75) is 25.4 Å². The molecule has 7 nitrogen and oxygen atoms in total. The van der Waals surface area contributed by atoms with E-state index in [4.69, 9.17) is 9.72 Å². The molecule has 34 heavy (non-hydrogen) atoms. The quantitative estimate of drug-likeness (QED) is 0.205. The summed E-state index contributed by atoms with van der Waals surface area (Å²) in [5, 5.41) is 19.9. The lowest BCUT2D eigenvalue weighted by Crippen LogP contribution is -2.12. The highest BCUT2D eigenvalue weighted by molar-refractivity contribution is 7.99. The Morgan fingerprint density at radius 2 is 1.74 bits per heavy atom. The van der Waals surface area contributed by atoms with Crippen molar-refractivity contribution >= 4 is 51.8 Å². The summed E-state index contributed by atoms with van der Waals surface area (Å²) in [6.07, 6.45) is 0.331. The molecule has 0 spiro atoms. The molecule has 0 unspecified atom stereocenters. The van der Waals surface area contributed by atoms with Crippen molar-refractivity contribution in [3.8, 4) is 28.3 Å². The van der Waals surface area contributed by atoms with Gasteiger partial charge in [-0.1, -0.05) is 18.7 Å². The Balaban J connectivity index is 1.53. The second-order valence-electron chi connectivity index (χ2n) is 7.07. The lowest BCUT2D eigenvalue weighted by Gasteiger charge is -2.12. The number of nitrogens with one attached hydrogen (secondary N) is 1. The van der Waals surface area contributed by atoms with Crippen LogP contribution in [0.3, 0.4) is 0 Å². The van der Waals surface area contributed by atoms with Gasteiger partial charge in [-0.15, -0.1) is 10.2 Å². The summed E-state index contributed by atoms with van der Waals surface area (Å²) in [4.78, 5) is 29.5. The summed E-state index contributed by atoms with van der Waals surface area (Å²) >= 11 is 4.41. The third kappa shape index (κ3) is 5.69. The summed E-state index contributed by atoms with van der Waals surface area (Å²) in [5.41, 5.74) is 4.37. The van der Waals surface area contributed by atoms with Crippen molar-refractivity contribution in [2.75, 3.05) is 17.7 Å². The van der Waals surface area contributed by atoms with Gasteiger partial charge in [-0.25, -0.2) is 4.98 Å². The van der Waals surface area contributed by atoms with Crippen LogP contribution >= 0.6 is 34.4 Å². The van der Waals surface area contributed by atoms with Gasteiger partial charge in [0.15, 0.2) is 5.78 Å². The molecule has 0 aliphatic rings. The van der Waals surface area contributed by atoms with Gasteiger partial charge < -0.3 is 10.1 Å². The van der Waals surface area contributed by atoms with Gasteiger partial charge in [-0.2, -0.15) is 22.7 Å². The van der Waals surface area contributed by atoms with Crippen molar-refractivity contribution in [1.29, 1.82) is 0 Å². The third-order valence-corrected chi connectivity index (χ3v) is 6.99. The summed E-state index contributed by atoms with van der Waals surface area (Å²) in [6.45, 7) is 4.09. The number of carbonyl (C=O) groups is 2. The molecule has 0 atom stereocenters. The predicted octanol–water partition coefficient (Wildman–Crippen LogP) is 6.05. The van der Waals surface area contributed by atoms with Crippen molar-refractivity contribution in [1.82, 2.24) is 15.2 Å². The number of thiophene rings is 2. The monoisotopic (exact) mass is 510 g/mol. The van der Waals surface area contributed by atoms with Gasteiger partial charge >= 0.3 is 0 Å². The molecule has 1 amide bonds. The number of nitrogens with zero attached hydrogens (tertiary/aromatic N) is 3. The SMILES string of the molecule is CCOc1ccc(C(=O)CSc2nnc(-c3ccsc3)c(-c3ccsc3)n2)cc1NC(=O)CC. The van der Waals surface area contributed by atoms with Crippen LogP contribution in [-0.4, -0.2) is 39.2 Å². The predicted molar refractivity (Wildman–Crippen MR) is 138 cm³/mol. The van der Waals surface area contributed by atoms with Crippen LogP contribution in [0.5, 0.6) is 5.75 Å². The van der Waals surface area contributed by atoms with Crippen molar-refractivity contribution in [2.24, 2.45) is 0 Å². The average molecular weight is 511 g/mol. The van der Waals surface area contributed by atoms with Gasteiger partial charge in [0.1, 0.15) is 17.1 Å². The van der Waals surface area contributed by atoms with E-state index in [0.29, 0.717) is 35.2 Å². The van der Waals surface area contributed by atoms with Gasteiger partial charge in [-0.05, 0) is 48.0 Å². The van der Waals surface area contributed by atoms with Crippen LogP contribution in [0.2, 0.25) is 0 Å². The highest BCUT2D eigenvalue weighted by Crippen LogP contribution is 2.32. The number of amides is 1. The lowest BCUT2D eigenvalue weighted by atomic mass is 10.1. The molecule has 0 radical (unpaired) electrons. The number of carbonyl (C=O) groups excluding carboxylic acids is 2. The highest BCUT2D eigenvalue weighted by Gasteiger charge is 2.17. The number of ether oxygens (including phenoxy) is 1. The van der Waals surface area contributed by atoms with Crippen LogP contribution < -0.4 is 10.1 Å². The van der Waals surface area contributed by atoms with E-state index in [2.05, 4.69) is 15.5 Å². The lowest BCUT2D eigenvalue weighted by molar-refractivity contribution is -0.115. The van der Waals surface area contributed by atoms with Crippen LogP contribution in [0.4, 0.5) is 5.69 Å². The second-order valence-corrected chi connectivity index (χ2v) is 9.58. The number of benzene rings is 1. The second kappa shape index (κ2) is 11.4. The Morgan fingerprint density at radius 1 is 1.00 bits per heavy atom. The number of thioether (sulfide) groups is 1. The number of hydrogen-bond donors (Lipinski definition) is 1. The number of rotatable bonds is 10. The zero-order valence-electron chi connectivity index (χ0n) is 18.6. The van der Waals surface area contributed by atoms with Crippen molar-refractivity contribution < 1.29 is 14.3 Å². The molecule has 174 valence electrons. The van der Waals surface area contributed by atoms with E-state index in [0.717, 1.165) is 22.5 Å². The van der Waals surface area contributed by atoms with E-state index >= 15 is 0 Å². The van der Waals surface area contributed by atoms with Crippen molar-refractivity contribution in [3.05, 3.63) is 57.4 Å². The van der Waals surface area contributed by atoms with Crippen LogP contribution in [0.25, 0.3) is 22.5 Å². The molecular formula is C24H22N4O3S3. The zero-order chi connectivity index (χ0) is 23.9. The minimum absolute atomic E-state index is 0.109. The molecule has 3 heterocycles. The minimum Gasteiger partial charge on any atom is -0.492 e. The summed E-state index contributed by atoms with van der Waals surface area (Å²) in [7, 11) is 0. The minimum atomic E-state index is -0.147. The fourth-order valence-corrected chi connectivity index (χ4v) is 5.06. The van der Waals surface area contributed by atoms with Gasteiger partial charge in [-0.3, -0.25) is 9.59 Å². The maximum atomic E-state index is 12.9. The molecular weight excluding hydrogens is 488 g/mol. The summed E-state index contributed by atoms with van der Waals surface area (Å²) < 4.78 is 5.58. The smallest absolute Gasteiger partial charge is 0.224 e. The summed E-state index contributed by atoms with van der Waals surface area (Å²) in [6, 6.07) is 9.04. The molecule has 4 aromatic rings. The first-order valence-corrected chi connectivity index (χ1v) is 13.5. The number of Topliss-reactive ketones (excluding diaryl/α,β-unsaturated/α-hetero) is 1. The fourth-order valence-electron chi connectivity index (χ4n) is 3.10. The van der Waals surface area contributed by atoms with Crippen LogP contribution in [-0.2, 0) is 4.79 Å². The van der Waals surface area contributed by atoms with Gasteiger partial charge in [0.25, 0.3) is 0 Å². The van der Waals surface area contributed by atoms with Crippen LogP contribution in [0, 0.1) is 0 Å². The topological polar surface area (TPSA) is 94.1 Å². The Hall–Kier alpha value is -3.08. The van der Waals surface area contributed by atoms with E-state index in [1.807, 2.05) is 40.6 Å². The summed E-state index contributed by atoms with van der Waals surface area (Å²) in [5.74, 6) is 0.414. The van der Waals surface area contributed by atoms with Gasteiger partial charge in [0.2, 0.25) is 11.1 Å². The largest absolute Gasteiger partial charge is 0.492 e. The molecule has 4 rings (SSSR count). The molecule has 1 aromatic carbocycles. The standard InChI is InChI=1S/C24H22N4O3S3/c1-3-21(30)25-18-11-15(5-6-20(18)31-4-2)19(29)14-34-24-26-22(16-7-9-32-12-16)23(27-28-24)17-8-10-33-13-17/h5-13H,3-4,14H2,1-2H3,(H,25,30). The maximum absolute atomic E-state index is 12.9. The number of hydrogen-bond acceptors (Lipinski definition) is 9.